The Morgan fingerprint density at radius 3 is 2.88 bits per heavy atom. The van der Waals surface area contributed by atoms with E-state index in [-0.39, 0.29) is 23.1 Å². The van der Waals surface area contributed by atoms with Crippen molar-refractivity contribution in [1.82, 2.24) is 4.98 Å². The Labute approximate surface area is 104 Å². The molecule has 94 valence electrons. The number of nitrogens with zero attached hydrogens (tertiary/aromatic N) is 1. The van der Waals surface area contributed by atoms with Gasteiger partial charge in [0.15, 0.2) is 0 Å². The fourth-order valence-corrected chi connectivity index (χ4v) is 1.51. The van der Waals surface area contributed by atoms with Crippen LogP contribution >= 0.6 is 11.6 Å². The minimum atomic E-state index is -1.06. The standard InChI is InChI=1S/C11H15ClN2O3/c1-7(2-3-15)5-13-10-9(12)4-8(6-14-10)11(16)17/h4,6-7,15H,2-3,5H2,1H3,(H,13,14)(H,16,17). The first-order valence-corrected chi connectivity index (χ1v) is 5.66. The van der Waals surface area contributed by atoms with E-state index in [1.807, 2.05) is 6.92 Å². The van der Waals surface area contributed by atoms with E-state index in [2.05, 4.69) is 10.3 Å². The molecule has 0 aliphatic heterocycles. The van der Waals surface area contributed by atoms with E-state index in [1.165, 1.54) is 12.3 Å². The van der Waals surface area contributed by atoms with Gasteiger partial charge in [0.1, 0.15) is 5.82 Å². The molecule has 3 N–H and O–H groups in total. The molecule has 1 atom stereocenters. The molecule has 5 nitrogen and oxygen atoms in total. The lowest BCUT2D eigenvalue weighted by atomic mass is 10.1. The molecule has 0 fully saturated rings. The zero-order chi connectivity index (χ0) is 12.8. The van der Waals surface area contributed by atoms with Gasteiger partial charge in [0.05, 0.1) is 10.6 Å². The third-order valence-corrected chi connectivity index (χ3v) is 2.62. The van der Waals surface area contributed by atoms with E-state index in [4.69, 9.17) is 21.8 Å². The lowest BCUT2D eigenvalue weighted by molar-refractivity contribution is 0.0696. The fraction of sp³-hybridized carbons (Fsp3) is 0.455. The number of nitrogens with one attached hydrogen (secondary N) is 1. The highest BCUT2D eigenvalue weighted by molar-refractivity contribution is 6.33. The van der Waals surface area contributed by atoms with Gasteiger partial charge in [-0.25, -0.2) is 9.78 Å². The summed E-state index contributed by atoms with van der Waals surface area (Å²) in [6, 6.07) is 1.36. The monoisotopic (exact) mass is 258 g/mol. The van der Waals surface area contributed by atoms with Gasteiger partial charge in [-0.1, -0.05) is 18.5 Å². The van der Waals surface area contributed by atoms with Crippen molar-refractivity contribution in [3.8, 4) is 0 Å². The predicted octanol–water partition coefficient (Wildman–Crippen LogP) is 1.86. The number of carboxylic acid groups (broad SMARTS) is 1. The zero-order valence-corrected chi connectivity index (χ0v) is 10.2. The molecule has 17 heavy (non-hydrogen) atoms. The quantitative estimate of drug-likeness (QED) is 0.726. The van der Waals surface area contributed by atoms with Crippen molar-refractivity contribution < 1.29 is 15.0 Å². The number of carbonyl (C=O) groups is 1. The number of aliphatic hydroxyl groups excluding tert-OH is 1. The molecule has 1 heterocycles. The van der Waals surface area contributed by atoms with Crippen molar-refractivity contribution >= 4 is 23.4 Å². The van der Waals surface area contributed by atoms with Crippen LogP contribution < -0.4 is 5.32 Å². The highest BCUT2D eigenvalue weighted by atomic mass is 35.5. The van der Waals surface area contributed by atoms with Crippen molar-refractivity contribution in [3.63, 3.8) is 0 Å². The fourth-order valence-electron chi connectivity index (χ4n) is 1.28. The summed E-state index contributed by atoms with van der Waals surface area (Å²) in [5.41, 5.74) is 0.0592. The van der Waals surface area contributed by atoms with Gasteiger partial charge >= 0.3 is 5.97 Å². The predicted molar refractivity (Wildman–Crippen MR) is 65.6 cm³/mol. The molecule has 0 saturated carbocycles. The lowest BCUT2D eigenvalue weighted by Gasteiger charge is -2.12. The Kier molecular flexibility index (Phi) is 5.18. The van der Waals surface area contributed by atoms with Crippen LogP contribution in [0.3, 0.4) is 0 Å². The van der Waals surface area contributed by atoms with E-state index in [0.717, 1.165) is 0 Å². The van der Waals surface area contributed by atoms with Crippen LogP contribution in [0.5, 0.6) is 0 Å². The molecular formula is C11H15ClN2O3. The number of hydrogen-bond donors (Lipinski definition) is 3. The van der Waals surface area contributed by atoms with Crippen LogP contribution in [0.2, 0.25) is 5.02 Å². The summed E-state index contributed by atoms with van der Waals surface area (Å²) in [6.45, 7) is 2.75. The van der Waals surface area contributed by atoms with E-state index < -0.39 is 5.97 Å². The van der Waals surface area contributed by atoms with Crippen LogP contribution in [0.15, 0.2) is 12.3 Å². The Bertz CT molecular complexity index is 398. The molecule has 0 aliphatic carbocycles. The van der Waals surface area contributed by atoms with Gasteiger partial charge in [0.25, 0.3) is 0 Å². The molecule has 0 spiro atoms. The summed E-state index contributed by atoms with van der Waals surface area (Å²) in [7, 11) is 0. The molecule has 0 bridgehead atoms. The molecule has 0 amide bonds. The van der Waals surface area contributed by atoms with E-state index in [1.54, 1.807) is 0 Å². The first-order valence-electron chi connectivity index (χ1n) is 5.28. The van der Waals surface area contributed by atoms with Crippen LogP contribution in [-0.2, 0) is 0 Å². The molecular weight excluding hydrogens is 244 g/mol. The molecule has 6 heteroatoms. The summed E-state index contributed by atoms with van der Waals surface area (Å²) in [4.78, 5) is 14.6. The molecule has 0 aliphatic rings. The normalized spacial score (nSPS) is 12.2. The summed E-state index contributed by atoms with van der Waals surface area (Å²) in [6.07, 6.45) is 1.95. The molecule has 1 aromatic heterocycles. The molecule has 0 saturated heterocycles. The maximum absolute atomic E-state index is 10.7. The zero-order valence-electron chi connectivity index (χ0n) is 9.48. The number of anilines is 1. The average molecular weight is 259 g/mol. The van der Waals surface area contributed by atoms with Crippen molar-refractivity contribution in [2.75, 3.05) is 18.5 Å². The minimum absolute atomic E-state index is 0.0592. The van der Waals surface area contributed by atoms with Crippen LogP contribution in [0.4, 0.5) is 5.82 Å². The maximum atomic E-state index is 10.7. The third-order valence-electron chi connectivity index (χ3n) is 2.33. The van der Waals surface area contributed by atoms with E-state index in [9.17, 15) is 4.79 Å². The molecule has 0 aromatic carbocycles. The van der Waals surface area contributed by atoms with Crippen molar-refractivity contribution in [2.45, 2.75) is 13.3 Å². The number of aromatic carboxylic acids is 1. The Morgan fingerprint density at radius 1 is 1.65 bits per heavy atom. The third kappa shape index (κ3) is 4.20. The van der Waals surface area contributed by atoms with Gasteiger partial charge in [-0.15, -0.1) is 0 Å². The second-order valence-electron chi connectivity index (χ2n) is 3.86. The van der Waals surface area contributed by atoms with Gasteiger partial charge in [-0.2, -0.15) is 0 Å². The van der Waals surface area contributed by atoms with Crippen LogP contribution in [0.1, 0.15) is 23.7 Å². The maximum Gasteiger partial charge on any atom is 0.337 e. The van der Waals surface area contributed by atoms with E-state index in [0.29, 0.717) is 18.8 Å². The van der Waals surface area contributed by atoms with Crippen LogP contribution in [-0.4, -0.2) is 34.3 Å². The van der Waals surface area contributed by atoms with Crippen molar-refractivity contribution in [1.29, 1.82) is 0 Å². The lowest BCUT2D eigenvalue weighted by Crippen LogP contribution is -2.14. The minimum Gasteiger partial charge on any atom is -0.478 e. The number of hydrogen-bond acceptors (Lipinski definition) is 4. The summed E-state index contributed by atoms with van der Waals surface area (Å²) in [5.74, 6) is -0.307. The average Bonchev–Trinajstić information content (AvgIpc) is 2.27. The van der Waals surface area contributed by atoms with Gasteiger partial charge in [0.2, 0.25) is 0 Å². The molecule has 0 radical (unpaired) electrons. The summed E-state index contributed by atoms with van der Waals surface area (Å²) >= 11 is 5.90. The molecule has 1 unspecified atom stereocenters. The van der Waals surface area contributed by atoms with Gasteiger partial charge in [-0.3, -0.25) is 0 Å². The number of carboxylic acids is 1. The van der Waals surface area contributed by atoms with Crippen LogP contribution in [0, 0.1) is 5.92 Å². The smallest absolute Gasteiger partial charge is 0.337 e. The highest BCUT2D eigenvalue weighted by Gasteiger charge is 2.09. The number of pyridine rings is 1. The Balaban J connectivity index is 2.63. The van der Waals surface area contributed by atoms with Gasteiger partial charge in [0, 0.05) is 19.3 Å². The summed E-state index contributed by atoms with van der Waals surface area (Å²) < 4.78 is 0. The first-order chi connectivity index (χ1) is 8.04. The molecule has 1 rings (SSSR count). The van der Waals surface area contributed by atoms with Crippen LogP contribution in [0.25, 0.3) is 0 Å². The number of rotatable bonds is 6. The summed E-state index contributed by atoms with van der Waals surface area (Å²) in [5, 5.41) is 20.8. The number of halogens is 1. The highest BCUT2D eigenvalue weighted by Crippen LogP contribution is 2.20. The van der Waals surface area contributed by atoms with Gasteiger partial charge in [-0.05, 0) is 18.4 Å². The SMILES string of the molecule is CC(CCO)CNc1ncc(C(=O)O)cc1Cl. The van der Waals surface area contributed by atoms with Crippen molar-refractivity contribution in [2.24, 2.45) is 5.92 Å². The second-order valence-corrected chi connectivity index (χ2v) is 4.27. The topological polar surface area (TPSA) is 82.5 Å². The van der Waals surface area contributed by atoms with Gasteiger partial charge < -0.3 is 15.5 Å². The van der Waals surface area contributed by atoms with Crippen molar-refractivity contribution in [3.05, 3.63) is 22.8 Å². The number of aliphatic hydroxyl groups is 1. The van der Waals surface area contributed by atoms with E-state index >= 15 is 0 Å². The Hall–Kier alpha value is -1.33. The largest absolute Gasteiger partial charge is 0.478 e. The number of aromatic nitrogens is 1. The molecule has 1 aromatic rings. The first kappa shape index (κ1) is 13.7. The Morgan fingerprint density at radius 2 is 2.35 bits per heavy atom. The second kappa shape index (κ2) is 6.42.